The SMILES string of the molecule is CCOC(=O)c1ccc(OCC2c3cc(OC)c(OC)cc3CCN2C(=O)c2ccc(Br)cc2)cc1. The van der Waals surface area contributed by atoms with E-state index >= 15 is 0 Å². The van der Waals surface area contributed by atoms with Gasteiger partial charge in [0.25, 0.3) is 5.91 Å². The van der Waals surface area contributed by atoms with E-state index in [4.69, 9.17) is 18.9 Å². The minimum absolute atomic E-state index is 0.0748. The number of carbonyl (C=O) groups excluding carboxylic acids is 2. The van der Waals surface area contributed by atoms with Crippen LogP contribution in [-0.2, 0) is 11.2 Å². The van der Waals surface area contributed by atoms with Gasteiger partial charge in [-0.3, -0.25) is 4.79 Å². The summed E-state index contributed by atoms with van der Waals surface area (Å²) in [5.74, 6) is 1.38. The Hall–Kier alpha value is -3.52. The second-order valence-electron chi connectivity index (χ2n) is 8.23. The standard InChI is InChI=1S/C28H28BrNO6/c1-4-35-28(32)19-7-11-22(12-8-19)36-17-24-23-16-26(34-3)25(33-2)15-20(23)13-14-30(24)27(31)18-5-9-21(29)10-6-18/h5-12,15-16,24H,4,13-14,17H2,1-3H3. The van der Waals surface area contributed by atoms with Crippen LogP contribution < -0.4 is 14.2 Å². The Morgan fingerprint density at radius 2 is 1.58 bits per heavy atom. The van der Waals surface area contributed by atoms with Gasteiger partial charge in [0.15, 0.2) is 11.5 Å². The number of carbonyl (C=O) groups is 2. The highest BCUT2D eigenvalue weighted by Gasteiger charge is 2.33. The normalized spacial score (nSPS) is 14.6. The van der Waals surface area contributed by atoms with Crippen molar-refractivity contribution in [1.82, 2.24) is 4.90 Å². The van der Waals surface area contributed by atoms with Crippen molar-refractivity contribution in [3.63, 3.8) is 0 Å². The van der Waals surface area contributed by atoms with Gasteiger partial charge >= 0.3 is 5.97 Å². The van der Waals surface area contributed by atoms with Crippen molar-refractivity contribution < 1.29 is 28.5 Å². The molecule has 8 heteroatoms. The highest BCUT2D eigenvalue weighted by Crippen LogP contribution is 2.39. The van der Waals surface area contributed by atoms with Crippen LogP contribution in [0, 0.1) is 0 Å². The lowest BCUT2D eigenvalue weighted by Gasteiger charge is -2.37. The van der Waals surface area contributed by atoms with Crippen molar-refractivity contribution >= 4 is 27.8 Å². The maximum absolute atomic E-state index is 13.5. The van der Waals surface area contributed by atoms with Crippen LogP contribution in [0.5, 0.6) is 17.2 Å². The lowest BCUT2D eigenvalue weighted by atomic mass is 9.91. The van der Waals surface area contributed by atoms with E-state index in [9.17, 15) is 9.59 Å². The maximum atomic E-state index is 13.5. The van der Waals surface area contributed by atoms with E-state index < -0.39 is 0 Å². The van der Waals surface area contributed by atoms with Gasteiger partial charge in [0.1, 0.15) is 12.4 Å². The summed E-state index contributed by atoms with van der Waals surface area (Å²) in [7, 11) is 3.20. The molecule has 0 aliphatic carbocycles. The quantitative estimate of drug-likeness (QED) is 0.345. The predicted octanol–water partition coefficient (Wildman–Crippen LogP) is 5.46. The number of amides is 1. The Kier molecular flexibility index (Phi) is 8.15. The van der Waals surface area contributed by atoms with Crippen LogP contribution in [0.3, 0.4) is 0 Å². The summed E-state index contributed by atoms with van der Waals surface area (Å²) in [6.45, 7) is 2.84. The molecule has 4 rings (SSSR count). The first-order chi connectivity index (χ1) is 17.4. The number of rotatable bonds is 8. The van der Waals surface area contributed by atoms with Crippen molar-refractivity contribution in [2.75, 3.05) is 34.0 Å². The fourth-order valence-corrected chi connectivity index (χ4v) is 4.55. The fourth-order valence-electron chi connectivity index (χ4n) is 4.29. The molecule has 3 aromatic carbocycles. The van der Waals surface area contributed by atoms with Crippen LogP contribution in [0.2, 0.25) is 0 Å². The molecule has 3 aromatic rings. The van der Waals surface area contributed by atoms with E-state index in [-0.39, 0.29) is 24.5 Å². The van der Waals surface area contributed by atoms with Crippen molar-refractivity contribution in [2.24, 2.45) is 0 Å². The number of benzene rings is 3. The van der Waals surface area contributed by atoms with Crippen molar-refractivity contribution in [3.05, 3.63) is 87.4 Å². The summed E-state index contributed by atoms with van der Waals surface area (Å²) >= 11 is 3.43. The molecule has 0 radical (unpaired) electrons. The molecule has 188 valence electrons. The number of fused-ring (bicyclic) bond motifs is 1. The molecule has 1 unspecified atom stereocenters. The highest BCUT2D eigenvalue weighted by atomic mass is 79.9. The summed E-state index contributed by atoms with van der Waals surface area (Å²) in [5.41, 5.74) is 3.09. The lowest BCUT2D eigenvalue weighted by molar-refractivity contribution is 0.0524. The fraction of sp³-hybridized carbons (Fsp3) is 0.286. The van der Waals surface area contributed by atoms with Crippen LogP contribution in [0.15, 0.2) is 65.1 Å². The third kappa shape index (κ3) is 5.49. The lowest BCUT2D eigenvalue weighted by Crippen LogP contribution is -2.42. The van der Waals surface area contributed by atoms with E-state index in [0.29, 0.717) is 47.9 Å². The molecular formula is C28H28BrNO6. The number of halogens is 1. The topological polar surface area (TPSA) is 74.3 Å². The molecule has 1 aliphatic heterocycles. The average molecular weight is 554 g/mol. The van der Waals surface area contributed by atoms with Gasteiger partial charge in [0.05, 0.1) is 32.4 Å². The Morgan fingerprint density at radius 1 is 0.944 bits per heavy atom. The van der Waals surface area contributed by atoms with Crippen molar-refractivity contribution in [2.45, 2.75) is 19.4 Å². The van der Waals surface area contributed by atoms with Gasteiger partial charge < -0.3 is 23.8 Å². The van der Waals surface area contributed by atoms with E-state index in [0.717, 1.165) is 15.6 Å². The molecule has 36 heavy (non-hydrogen) atoms. The second-order valence-corrected chi connectivity index (χ2v) is 9.15. The monoisotopic (exact) mass is 553 g/mol. The summed E-state index contributed by atoms with van der Waals surface area (Å²) < 4.78 is 23.1. The molecule has 0 N–H and O–H groups in total. The van der Waals surface area contributed by atoms with Crippen molar-refractivity contribution in [1.29, 1.82) is 0 Å². The van der Waals surface area contributed by atoms with E-state index in [2.05, 4.69) is 15.9 Å². The molecular weight excluding hydrogens is 526 g/mol. The van der Waals surface area contributed by atoms with E-state index in [1.54, 1.807) is 45.4 Å². The summed E-state index contributed by atoms with van der Waals surface area (Å²) in [6.07, 6.45) is 0.683. The number of methoxy groups -OCH3 is 2. The molecule has 0 aromatic heterocycles. The summed E-state index contributed by atoms with van der Waals surface area (Å²) in [5, 5.41) is 0. The van der Waals surface area contributed by atoms with Crippen LogP contribution in [0.25, 0.3) is 0 Å². The molecule has 0 saturated carbocycles. The van der Waals surface area contributed by atoms with Gasteiger partial charge in [-0.15, -0.1) is 0 Å². The number of esters is 1. The molecule has 1 amide bonds. The smallest absolute Gasteiger partial charge is 0.338 e. The molecule has 1 atom stereocenters. The predicted molar refractivity (Wildman–Crippen MR) is 139 cm³/mol. The van der Waals surface area contributed by atoms with Crippen molar-refractivity contribution in [3.8, 4) is 17.2 Å². The van der Waals surface area contributed by atoms with Crippen LogP contribution >= 0.6 is 15.9 Å². The number of hydrogen-bond donors (Lipinski definition) is 0. The zero-order chi connectivity index (χ0) is 25.7. The Balaban J connectivity index is 1.63. The maximum Gasteiger partial charge on any atom is 0.338 e. The number of ether oxygens (including phenoxy) is 4. The number of hydrogen-bond acceptors (Lipinski definition) is 6. The third-order valence-corrected chi connectivity index (χ3v) is 6.66. The first kappa shape index (κ1) is 25.6. The molecule has 0 fully saturated rings. The first-order valence-electron chi connectivity index (χ1n) is 11.7. The molecule has 0 saturated heterocycles. The van der Waals surface area contributed by atoms with Gasteiger partial charge in [-0.25, -0.2) is 4.79 Å². The minimum atomic E-state index is -0.377. The molecule has 0 bridgehead atoms. The molecule has 1 aliphatic rings. The van der Waals surface area contributed by atoms with E-state index in [1.807, 2.05) is 41.3 Å². The zero-order valence-electron chi connectivity index (χ0n) is 20.5. The Bertz CT molecular complexity index is 1230. The minimum Gasteiger partial charge on any atom is -0.493 e. The largest absolute Gasteiger partial charge is 0.493 e. The van der Waals surface area contributed by atoms with Crippen LogP contribution in [-0.4, -0.2) is 50.8 Å². The first-order valence-corrected chi connectivity index (χ1v) is 12.5. The second kappa shape index (κ2) is 11.5. The summed E-state index contributed by atoms with van der Waals surface area (Å²) in [6, 6.07) is 17.7. The molecule has 1 heterocycles. The average Bonchev–Trinajstić information content (AvgIpc) is 2.91. The molecule has 7 nitrogen and oxygen atoms in total. The number of nitrogens with zero attached hydrogens (tertiary/aromatic N) is 1. The van der Waals surface area contributed by atoms with Gasteiger partial charge in [0, 0.05) is 16.6 Å². The van der Waals surface area contributed by atoms with Gasteiger partial charge in [-0.05, 0) is 85.1 Å². The van der Waals surface area contributed by atoms with Crippen LogP contribution in [0.4, 0.5) is 0 Å². The van der Waals surface area contributed by atoms with Gasteiger partial charge in [-0.2, -0.15) is 0 Å². The Morgan fingerprint density at radius 3 is 2.22 bits per heavy atom. The van der Waals surface area contributed by atoms with Gasteiger partial charge in [-0.1, -0.05) is 15.9 Å². The van der Waals surface area contributed by atoms with Crippen LogP contribution in [0.1, 0.15) is 44.8 Å². The highest BCUT2D eigenvalue weighted by molar-refractivity contribution is 9.10. The summed E-state index contributed by atoms with van der Waals surface area (Å²) in [4.78, 5) is 27.3. The van der Waals surface area contributed by atoms with E-state index in [1.165, 1.54) is 0 Å². The zero-order valence-corrected chi connectivity index (χ0v) is 22.0. The Labute approximate surface area is 219 Å². The molecule has 0 spiro atoms. The van der Waals surface area contributed by atoms with Gasteiger partial charge in [0.2, 0.25) is 0 Å². The third-order valence-electron chi connectivity index (χ3n) is 6.13.